The highest BCUT2D eigenvalue weighted by Crippen LogP contribution is 2.23. The zero-order chi connectivity index (χ0) is 11.5. The molecule has 0 unspecified atom stereocenters. The first-order chi connectivity index (χ1) is 7.77. The number of carbonyl (C=O) groups excluding carboxylic acids is 1. The molecule has 0 spiro atoms. The number of morpholine rings is 1. The van der Waals surface area contributed by atoms with Crippen molar-refractivity contribution in [3.8, 4) is 0 Å². The molecule has 88 valence electrons. The van der Waals surface area contributed by atoms with Crippen molar-refractivity contribution < 1.29 is 9.53 Å². The molecule has 2 heterocycles. The van der Waals surface area contributed by atoms with Crippen LogP contribution in [0.3, 0.4) is 0 Å². The average molecular weight is 223 g/mol. The van der Waals surface area contributed by atoms with Crippen LogP contribution in [-0.2, 0) is 11.3 Å². The Morgan fingerprint density at radius 1 is 1.44 bits per heavy atom. The van der Waals surface area contributed by atoms with Gasteiger partial charge in [-0.3, -0.25) is 4.79 Å². The summed E-state index contributed by atoms with van der Waals surface area (Å²) in [6, 6.07) is 0. The Hall–Kier alpha value is -1.36. The lowest BCUT2D eigenvalue weighted by molar-refractivity contribution is 0.111. The molecule has 0 aromatic carbocycles. The van der Waals surface area contributed by atoms with E-state index in [9.17, 15) is 4.79 Å². The first-order valence-electron chi connectivity index (χ1n) is 5.63. The van der Waals surface area contributed by atoms with Gasteiger partial charge >= 0.3 is 0 Å². The van der Waals surface area contributed by atoms with Gasteiger partial charge in [0.05, 0.1) is 24.5 Å². The van der Waals surface area contributed by atoms with Crippen molar-refractivity contribution in [2.75, 3.05) is 31.2 Å². The molecule has 1 fully saturated rings. The maximum atomic E-state index is 11.1. The van der Waals surface area contributed by atoms with Crippen molar-refractivity contribution in [3.63, 3.8) is 0 Å². The largest absolute Gasteiger partial charge is 0.378 e. The molecule has 0 radical (unpaired) electrons. The number of rotatable bonds is 3. The van der Waals surface area contributed by atoms with Gasteiger partial charge in [0, 0.05) is 19.6 Å². The van der Waals surface area contributed by atoms with E-state index in [4.69, 9.17) is 4.74 Å². The minimum atomic E-state index is 0.712. The van der Waals surface area contributed by atoms with Crippen LogP contribution in [0, 0.1) is 6.92 Å². The Kier molecular flexibility index (Phi) is 3.24. The van der Waals surface area contributed by atoms with E-state index in [2.05, 4.69) is 10.00 Å². The summed E-state index contributed by atoms with van der Waals surface area (Å²) in [4.78, 5) is 13.3. The Bertz CT molecular complexity index is 381. The first kappa shape index (κ1) is 11.1. The summed E-state index contributed by atoms with van der Waals surface area (Å²) in [7, 11) is 0. The lowest BCUT2D eigenvalue weighted by Gasteiger charge is -2.29. The van der Waals surface area contributed by atoms with Gasteiger partial charge in [0.15, 0.2) is 6.29 Å². The molecule has 0 bridgehead atoms. The molecule has 5 heteroatoms. The molecular weight excluding hydrogens is 206 g/mol. The highest BCUT2D eigenvalue weighted by molar-refractivity contribution is 5.84. The van der Waals surface area contributed by atoms with E-state index in [1.807, 2.05) is 18.5 Å². The molecule has 2 rings (SSSR count). The SMILES string of the molecule is CCn1nc(C)c(C=O)c1N1CCOCC1. The van der Waals surface area contributed by atoms with Gasteiger partial charge < -0.3 is 9.64 Å². The van der Waals surface area contributed by atoms with E-state index in [-0.39, 0.29) is 0 Å². The van der Waals surface area contributed by atoms with Crippen LogP contribution < -0.4 is 4.90 Å². The van der Waals surface area contributed by atoms with Crippen molar-refractivity contribution in [3.05, 3.63) is 11.3 Å². The topological polar surface area (TPSA) is 47.4 Å². The van der Waals surface area contributed by atoms with Gasteiger partial charge in [-0.05, 0) is 13.8 Å². The molecule has 1 saturated heterocycles. The van der Waals surface area contributed by atoms with Crippen molar-refractivity contribution in [1.29, 1.82) is 0 Å². The van der Waals surface area contributed by atoms with E-state index in [1.54, 1.807) is 0 Å². The standard InChI is InChI=1S/C11H17N3O2/c1-3-14-11(10(8-15)9(2)12-14)13-4-6-16-7-5-13/h8H,3-7H2,1-2H3. The Balaban J connectivity index is 2.39. The van der Waals surface area contributed by atoms with Crippen LogP contribution in [0.2, 0.25) is 0 Å². The van der Waals surface area contributed by atoms with Gasteiger partial charge in [0.25, 0.3) is 0 Å². The van der Waals surface area contributed by atoms with Crippen LogP contribution in [0.25, 0.3) is 0 Å². The van der Waals surface area contributed by atoms with E-state index in [0.717, 1.165) is 37.4 Å². The molecule has 1 aliphatic heterocycles. The van der Waals surface area contributed by atoms with Crippen LogP contribution in [-0.4, -0.2) is 42.4 Å². The molecule has 0 atom stereocenters. The summed E-state index contributed by atoms with van der Waals surface area (Å²) in [6.45, 7) is 7.77. The summed E-state index contributed by atoms with van der Waals surface area (Å²) in [6.07, 6.45) is 0.902. The Morgan fingerprint density at radius 2 is 2.12 bits per heavy atom. The number of aldehydes is 1. The van der Waals surface area contributed by atoms with Gasteiger partial charge in [0.2, 0.25) is 0 Å². The third kappa shape index (κ3) is 1.82. The lowest BCUT2D eigenvalue weighted by atomic mass is 10.2. The van der Waals surface area contributed by atoms with Crippen LogP contribution in [0.15, 0.2) is 0 Å². The van der Waals surface area contributed by atoms with Crippen molar-refractivity contribution in [1.82, 2.24) is 9.78 Å². The van der Waals surface area contributed by atoms with Gasteiger partial charge in [-0.15, -0.1) is 0 Å². The summed E-state index contributed by atoms with van der Waals surface area (Å²) in [5.74, 6) is 0.943. The van der Waals surface area contributed by atoms with E-state index in [0.29, 0.717) is 18.8 Å². The molecule has 0 N–H and O–H groups in total. The number of carbonyl (C=O) groups is 1. The van der Waals surface area contributed by atoms with Crippen LogP contribution >= 0.6 is 0 Å². The van der Waals surface area contributed by atoms with Crippen molar-refractivity contribution >= 4 is 12.1 Å². The highest BCUT2D eigenvalue weighted by atomic mass is 16.5. The number of ether oxygens (including phenoxy) is 1. The summed E-state index contributed by atoms with van der Waals surface area (Å²) in [5.41, 5.74) is 1.52. The second kappa shape index (κ2) is 4.65. The maximum Gasteiger partial charge on any atom is 0.155 e. The van der Waals surface area contributed by atoms with E-state index in [1.165, 1.54) is 0 Å². The van der Waals surface area contributed by atoms with Crippen LogP contribution in [0.1, 0.15) is 23.0 Å². The molecule has 0 saturated carbocycles. The fourth-order valence-electron chi connectivity index (χ4n) is 2.05. The predicted molar refractivity (Wildman–Crippen MR) is 61.1 cm³/mol. The highest BCUT2D eigenvalue weighted by Gasteiger charge is 2.21. The van der Waals surface area contributed by atoms with E-state index >= 15 is 0 Å². The summed E-state index contributed by atoms with van der Waals surface area (Å²) in [5, 5.41) is 4.38. The summed E-state index contributed by atoms with van der Waals surface area (Å²) >= 11 is 0. The number of hydrogen-bond donors (Lipinski definition) is 0. The second-order valence-corrected chi connectivity index (χ2v) is 3.86. The Morgan fingerprint density at radius 3 is 2.69 bits per heavy atom. The fourth-order valence-corrected chi connectivity index (χ4v) is 2.05. The van der Waals surface area contributed by atoms with Crippen molar-refractivity contribution in [2.24, 2.45) is 0 Å². The summed E-state index contributed by atoms with van der Waals surface area (Å²) < 4.78 is 7.21. The molecule has 16 heavy (non-hydrogen) atoms. The van der Waals surface area contributed by atoms with Crippen molar-refractivity contribution in [2.45, 2.75) is 20.4 Å². The Labute approximate surface area is 95.0 Å². The number of hydrogen-bond acceptors (Lipinski definition) is 4. The molecule has 1 aliphatic rings. The maximum absolute atomic E-state index is 11.1. The van der Waals surface area contributed by atoms with E-state index < -0.39 is 0 Å². The fraction of sp³-hybridized carbons (Fsp3) is 0.636. The number of aromatic nitrogens is 2. The molecule has 1 aromatic heterocycles. The van der Waals surface area contributed by atoms with Gasteiger partial charge in [-0.1, -0.05) is 0 Å². The molecule has 0 amide bonds. The van der Waals surface area contributed by atoms with Gasteiger partial charge in [0.1, 0.15) is 5.82 Å². The monoisotopic (exact) mass is 223 g/mol. The van der Waals surface area contributed by atoms with Crippen LogP contribution in [0.5, 0.6) is 0 Å². The third-order valence-corrected chi connectivity index (χ3v) is 2.87. The number of aryl methyl sites for hydroxylation is 2. The lowest BCUT2D eigenvalue weighted by Crippen LogP contribution is -2.38. The van der Waals surface area contributed by atoms with Crippen LogP contribution in [0.4, 0.5) is 5.82 Å². The molecule has 5 nitrogen and oxygen atoms in total. The second-order valence-electron chi connectivity index (χ2n) is 3.86. The smallest absolute Gasteiger partial charge is 0.155 e. The minimum Gasteiger partial charge on any atom is -0.378 e. The quantitative estimate of drug-likeness (QED) is 0.713. The van der Waals surface area contributed by atoms with Gasteiger partial charge in [-0.25, -0.2) is 4.68 Å². The predicted octanol–water partition coefficient (Wildman–Crippen LogP) is 0.861. The number of anilines is 1. The zero-order valence-corrected chi connectivity index (χ0v) is 9.77. The number of nitrogens with zero attached hydrogens (tertiary/aromatic N) is 3. The zero-order valence-electron chi connectivity index (χ0n) is 9.77. The normalized spacial score (nSPS) is 16.5. The average Bonchev–Trinajstić information content (AvgIpc) is 2.66. The molecule has 1 aromatic rings. The first-order valence-corrected chi connectivity index (χ1v) is 5.63. The minimum absolute atomic E-state index is 0.712. The third-order valence-electron chi connectivity index (χ3n) is 2.87. The molecular formula is C11H17N3O2. The van der Waals surface area contributed by atoms with Gasteiger partial charge in [-0.2, -0.15) is 5.10 Å². The molecule has 0 aliphatic carbocycles.